The Kier molecular flexibility index (Phi) is 1.90. The summed E-state index contributed by atoms with van der Waals surface area (Å²) in [4.78, 5) is 15.9. The highest BCUT2D eigenvalue weighted by Gasteiger charge is 2.30. The Morgan fingerprint density at radius 2 is 1.76 bits per heavy atom. The molecule has 3 rings (SSSR count). The van der Waals surface area contributed by atoms with Crippen LogP contribution in [0, 0.1) is 18.6 Å². The topological polar surface area (TPSA) is 30.0 Å². The smallest absolute Gasteiger partial charge is 0.196 e. The van der Waals surface area contributed by atoms with Crippen molar-refractivity contribution in [2.75, 3.05) is 0 Å². The number of aryl methyl sites for hydroxylation is 1. The zero-order valence-electron chi connectivity index (χ0n) is 8.92. The summed E-state index contributed by atoms with van der Waals surface area (Å²) in [5, 5.41) is 0. The Morgan fingerprint density at radius 3 is 2.53 bits per heavy atom. The molecule has 1 aliphatic rings. The van der Waals surface area contributed by atoms with Crippen molar-refractivity contribution in [1.29, 1.82) is 0 Å². The second-order valence-electron chi connectivity index (χ2n) is 4.02. The number of hydrogen-bond donors (Lipinski definition) is 0. The van der Waals surface area contributed by atoms with E-state index in [4.69, 9.17) is 0 Å². The summed E-state index contributed by atoms with van der Waals surface area (Å²) in [5.41, 5.74) is 2.13. The van der Waals surface area contributed by atoms with E-state index in [1.165, 1.54) is 12.1 Å². The number of hydrogen-bond acceptors (Lipinski definition) is 2. The molecule has 0 amide bonds. The number of pyridine rings is 1. The van der Waals surface area contributed by atoms with Gasteiger partial charge in [-0.3, -0.25) is 9.78 Å². The molecule has 0 saturated heterocycles. The first-order chi connectivity index (χ1) is 8.08. The van der Waals surface area contributed by atoms with Crippen molar-refractivity contribution in [3.63, 3.8) is 0 Å². The molecular weight excluding hydrogens is 224 g/mol. The van der Waals surface area contributed by atoms with E-state index in [9.17, 15) is 13.6 Å². The van der Waals surface area contributed by atoms with Gasteiger partial charge in [-0.2, -0.15) is 0 Å². The Morgan fingerprint density at radius 1 is 1.06 bits per heavy atom. The number of carbonyl (C=O) groups is 1. The second kappa shape index (κ2) is 3.20. The zero-order valence-corrected chi connectivity index (χ0v) is 8.92. The van der Waals surface area contributed by atoms with E-state index >= 15 is 0 Å². The molecule has 84 valence electrons. The van der Waals surface area contributed by atoms with E-state index in [-0.39, 0.29) is 16.9 Å². The fourth-order valence-electron chi connectivity index (χ4n) is 2.19. The van der Waals surface area contributed by atoms with Gasteiger partial charge in [0.2, 0.25) is 0 Å². The molecule has 1 aliphatic carbocycles. The van der Waals surface area contributed by atoms with Gasteiger partial charge in [0, 0.05) is 11.1 Å². The Labute approximate surface area is 95.9 Å². The highest BCUT2D eigenvalue weighted by atomic mass is 19.1. The molecule has 1 aromatic carbocycles. The number of carbonyl (C=O) groups excluding carboxylic acids is 1. The minimum absolute atomic E-state index is 0.203. The first kappa shape index (κ1) is 10.1. The van der Waals surface area contributed by atoms with Crippen molar-refractivity contribution in [3.05, 3.63) is 52.7 Å². The molecule has 0 N–H and O–H groups in total. The van der Waals surface area contributed by atoms with Gasteiger partial charge in [0.1, 0.15) is 11.6 Å². The SMILES string of the molecule is Cc1cc(F)cc2c1-c1ncc(F)cc1C2=O. The molecule has 0 aliphatic heterocycles. The molecule has 0 atom stereocenters. The lowest BCUT2D eigenvalue weighted by Gasteiger charge is -2.03. The molecule has 0 unspecified atom stereocenters. The number of ketones is 1. The monoisotopic (exact) mass is 231 g/mol. The van der Waals surface area contributed by atoms with E-state index in [0.29, 0.717) is 16.8 Å². The van der Waals surface area contributed by atoms with Crippen LogP contribution in [-0.2, 0) is 0 Å². The summed E-state index contributed by atoms with van der Waals surface area (Å²) >= 11 is 0. The third-order valence-corrected chi connectivity index (χ3v) is 2.88. The van der Waals surface area contributed by atoms with Crippen LogP contribution in [-0.4, -0.2) is 10.8 Å². The minimum atomic E-state index is -0.567. The molecule has 1 aromatic heterocycles. The molecule has 0 radical (unpaired) electrons. The van der Waals surface area contributed by atoms with Crippen LogP contribution in [0.25, 0.3) is 11.3 Å². The highest BCUT2D eigenvalue weighted by Crippen LogP contribution is 2.37. The zero-order chi connectivity index (χ0) is 12.2. The summed E-state index contributed by atoms with van der Waals surface area (Å²) in [6.45, 7) is 1.70. The van der Waals surface area contributed by atoms with Gasteiger partial charge in [0.05, 0.1) is 17.5 Å². The van der Waals surface area contributed by atoms with Gasteiger partial charge in [-0.1, -0.05) is 0 Å². The van der Waals surface area contributed by atoms with Crippen LogP contribution >= 0.6 is 0 Å². The van der Waals surface area contributed by atoms with Crippen molar-refractivity contribution in [1.82, 2.24) is 4.98 Å². The van der Waals surface area contributed by atoms with E-state index in [2.05, 4.69) is 4.98 Å². The van der Waals surface area contributed by atoms with Gasteiger partial charge >= 0.3 is 0 Å². The summed E-state index contributed by atoms with van der Waals surface area (Å²) in [6.07, 6.45) is 1.06. The summed E-state index contributed by atoms with van der Waals surface area (Å²) in [6, 6.07) is 3.65. The van der Waals surface area contributed by atoms with Crippen LogP contribution in [0.5, 0.6) is 0 Å². The van der Waals surface area contributed by atoms with Crippen molar-refractivity contribution in [3.8, 4) is 11.3 Å². The second-order valence-corrected chi connectivity index (χ2v) is 4.02. The largest absolute Gasteiger partial charge is 0.288 e. The Bertz CT molecular complexity index is 665. The minimum Gasteiger partial charge on any atom is -0.288 e. The van der Waals surface area contributed by atoms with Crippen molar-refractivity contribution < 1.29 is 13.6 Å². The number of aromatic nitrogens is 1. The first-order valence-electron chi connectivity index (χ1n) is 5.08. The van der Waals surface area contributed by atoms with E-state index in [0.717, 1.165) is 12.3 Å². The van der Waals surface area contributed by atoms with E-state index < -0.39 is 11.6 Å². The molecule has 2 aromatic rings. The van der Waals surface area contributed by atoms with Crippen molar-refractivity contribution in [2.24, 2.45) is 0 Å². The highest BCUT2D eigenvalue weighted by molar-refractivity contribution is 6.21. The number of rotatable bonds is 0. The molecule has 0 saturated carbocycles. The van der Waals surface area contributed by atoms with Crippen LogP contribution in [0.2, 0.25) is 0 Å². The predicted octanol–water partition coefficient (Wildman–Crippen LogP) is 2.88. The lowest BCUT2D eigenvalue weighted by Crippen LogP contribution is -1.97. The van der Waals surface area contributed by atoms with Crippen LogP contribution in [0.4, 0.5) is 8.78 Å². The molecule has 1 heterocycles. The number of benzene rings is 1. The van der Waals surface area contributed by atoms with E-state index in [1.807, 2.05) is 0 Å². The van der Waals surface area contributed by atoms with Crippen LogP contribution in [0.3, 0.4) is 0 Å². The standard InChI is InChI=1S/C13H7F2NO/c1-6-2-7(14)3-9-11(6)12-10(13(9)17)4-8(15)5-16-12/h2-5H,1H3. The summed E-state index contributed by atoms with van der Waals surface area (Å²) < 4.78 is 26.3. The van der Waals surface area contributed by atoms with Gasteiger partial charge in [0.25, 0.3) is 0 Å². The lowest BCUT2D eigenvalue weighted by atomic mass is 10.0. The van der Waals surface area contributed by atoms with Crippen molar-refractivity contribution >= 4 is 5.78 Å². The molecule has 4 heteroatoms. The number of fused-ring (bicyclic) bond motifs is 3. The molecular formula is C13H7F2NO. The average molecular weight is 231 g/mol. The van der Waals surface area contributed by atoms with Gasteiger partial charge < -0.3 is 0 Å². The average Bonchev–Trinajstić information content (AvgIpc) is 2.53. The fraction of sp³-hybridized carbons (Fsp3) is 0.0769. The van der Waals surface area contributed by atoms with Gasteiger partial charge in [-0.25, -0.2) is 8.78 Å². The number of nitrogens with zero attached hydrogens (tertiary/aromatic N) is 1. The summed E-state index contributed by atoms with van der Waals surface area (Å²) in [5.74, 6) is -1.41. The molecule has 0 bridgehead atoms. The molecule has 0 spiro atoms. The maximum absolute atomic E-state index is 13.3. The Hall–Kier alpha value is -2.10. The normalized spacial score (nSPS) is 12.5. The predicted molar refractivity (Wildman–Crippen MR) is 57.8 cm³/mol. The third kappa shape index (κ3) is 1.30. The van der Waals surface area contributed by atoms with E-state index in [1.54, 1.807) is 6.92 Å². The van der Waals surface area contributed by atoms with Crippen LogP contribution < -0.4 is 0 Å². The van der Waals surface area contributed by atoms with Crippen LogP contribution in [0.1, 0.15) is 21.5 Å². The molecule has 2 nitrogen and oxygen atoms in total. The maximum Gasteiger partial charge on any atom is 0.196 e. The lowest BCUT2D eigenvalue weighted by molar-refractivity contribution is 0.104. The molecule has 17 heavy (non-hydrogen) atoms. The third-order valence-electron chi connectivity index (χ3n) is 2.88. The maximum atomic E-state index is 13.3. The Balaban J connectivity index is 2.39. The molecule has 0 fully saturated rings. The summed E-state index contributed by atoms with van der Waals surface area (Å²) in [7, 11) is 0. The van der Waals surface area contributed by atoms with Gasteiger partial charge in [-0.05, 0) is 30.7 Å². The quantitative estimate of drug-likeness (QED) is 0.595. The fourth-order valence-corrected chi connectivity index (χ4v) is 2.19. The van der Waals surface area contributed by atoms with Crippen LogP contribution in [0.15, 0.2) is 24.4 Å². The van der Waals surface area contributed by atoms with Crippen molar-refractivity contribution in [2.45, 2.75) is 6.92 Å². The number of halogens is 2. The van der Waals surface area contributed by atoms with Gasteiger partial charge in [0.15, 0.2) is 5.78 Å². The first-order valence-corrected chi connectivity index (χ1v) is 5.08. The van der Waals surface area contributed by atoms with Gasteiger partial charge in [-0.15, -0.1) is 0 Å².